The van der Waals surface area contributed by atoms with Gasteiger partial charge < -0.3 is 19.2 Å². The molecule has 0 radical (unpaired) electrons. The van der Waals surface area contributed by atoms with Crippen molar-refractivity contribution < 1.29 is 28.3 Å². The molecule has 0 spiro atoms. The fourth-order valence-corrected chi connectivity index (χ4v) is 4.60. The molecule has 0 bridgehead atoms. The van der Waals surface area contributed by atoms with Gasteiger partial charge >= 0.3 is 0 Å². The third-order valence-corrected chi connectivity index (χ3v) is 6.63. The van der Waals surface area contributed by atoms with Crippen LogP contribution in [0.3, 0.4) is 0 Å². The van der Waals surface area contributed by atoms with E-state index in [1.54, 1.807) is 30.4 Å². The Bertz CT molecular complexity index is 1180. The molecule has 1 saturated heterocycles. The number of amides is 3. The third-order valence-electron chi connectivity index (χ3n) is 5.72. The highest BCUT2D eigenvalue weighted by molar-refractivity contribution is 8.18. The number of benzene rings is 1. The summed E-state index contributed by atoms with van der Waals surface area (Å²) in [5.74, 6) is 3.26. The van der Waals surface area contributed by atoms with E-state index in [1.165, 1.54) is 6.08 Å². The molecule has 2 fully saturated rings. The number of thioether (sulfide) groups is 1. The minimum atomic E-state index is -0.384. The molecule has 8 nitrogen and oxygen atoms in total. The van der Waals surface area contributed by atoms with Gasteiger partial charge in [-0.25, -0.2) is 0 Å². The minimum Gasteiger partial charge on any atom is -0.461 e. The van der Waals surface area contributed by atoms with Gasteiger partial charge in [0, 0.05) is 25.1 Å². The Balaban J connectivity index is 1.12. The van der Waals surface area contributed by atoms with Crippen molar-refractivity contribution in [1.82, 2.24) is 10.2 Å². The van der Waals surface area contributed by atoms with Crippen LogP contribution in [0, 0.1) is 5.92 Å². The third kappa shape index (κ3) is 4.68. The maximum absolute atomic E-state index is 12.6. The van der Waals surface area contributed by atoms with E-state index in [2.05, 4.69) is 12.2 Å². The van der Waals surface area contributed by atoms with E-state index in [9.17, 15) is 14.4 Å². The molecular formula is C24H22N2O6S. The molecule has 1 aliphatic carbocycles. The highest BCUT2D eigenvalue weighted by atomic mass is 32.2. The van der Waals surface area contributed by atoms with Crippen LogP contribution in [0.4, 0.5) is 4.79 Å². The zero-order chi connectivity index (χ0) is 22.9. The van der Waals surface area contributed by atoms with Crippen molar-refractivity contribution in [2.75, 3.05) is 19.9 Å². The van der Waals surface area contributed by atoms with Crippen molar-refractivity contribution >= 4 is 41.0 Å². The van der Waals surface area contributed by atoms with Gasteiger partial charge in [-0.15, -0.1) is 0 Å². The Morgan fingerprint density at radius 2 is 2.03 bits per heavy atom. The molecule has 1 aromatic carbocycles. The van der Waals surface area contributed by atoms with Gasteiger partial charge in [0.05, 0.1) is 4.91 Å². The van der Waals surface area contributed by atoms with Gasteiger partial charge in [0.2, 0.25) is 12.7 Å². The maximum Gasteiger partial charge on any atom is 0.293 e. The van der Waals surface area contributed by atoms with Crippen LogP contribution in [0.5, 0.6) is 11.5 Å². The fourth-order valence-electron chi connectivity index (χ4n) is 3.73. The fraction of sp³-hybridized carbons (Fsp3) is 0.292. The molecule has 3 aliphatic rings. The van der Waals surface area contributed by atoms with E-state index in [0.717, 1.165) is 34.4 Å². The summed E-state index contributed by atoms with van der Waals surface area (Å²) in [5, 5.41) is 2.32. The first-order valence-corrected chi connectivity index (χ1v) is 11.5. The first-order valence-electron chi connectivity index (χ1n) is 10.7. The lowest BCUT2D eigenvalue weighted by molar-refractivity contribution is -0.123. The molecule has 2 aliphatic heterocycles. The molecule has 1 N–H and O–H groups in total. The van der Waals surface area contributed by atoms with E-state index in [1.807, 2.05) is 12.1 Å². The Labute approximate surface area is 194 Å². The SMILES string of the molecule is CC1CC1c1ccc(/C=C/C(=O)NCCN2C(=O)S/C(=C\c3ccc4c(c3)OCO4)C2=O)o1. The molecule has 33 heavy (non-hydrogen) atoms. The summed E-state index contributed by atoms with van der Waals surface area (Å²) in [5.41, 5.74) is 0.736. The predicted octanol–water partition coefficient (Wildman–Crippen LogP) is 4.00. The first kappa shape index (κ1) is 21.4. The Morgan fingerprint density at radius 1 is 1.21 bits per heavy atom. The molecular weight excluding hydrogens is 444 g/mol. The normalized spacial score (nSPS) is 22.6. The number of fused-ring (bicyclic) bond motifs is 1. The van der Waals surface area contributed by atoms with Crippen molar-refractivity contribution in [3.05, 3.63) is 58.4 Å². The second kappa shape index (κ2) is 8.82. The van der Waals surface area contributed by atoms with Crippen molar-refractivity contribution in [1.29, 1.82) is 0 Å². The summed E-state index contributed by atoms with van der Waals surface area (Å²) >= 11 is 0.873. The number of furan rings is 1. The van der Waals surface area contributed by atoms with Crippen LogP contribution in [0.2, 0.25) is 0 Å². The van der Waals surface area contributed by atoms with Crippen LogP contribution in [0.25, 0.3) is 12.2 Å². The zero-order valence-corrected chi connectivity index (χ0v) is 18.7. The van der Waals surface area contributed by atoms with Gasteiger partial charge in [0.1, 0.15) is 11.5 Å². The molecule has 170 valence electrons. The van der Waals surface area contributed by atoms with Crippen LogP contribution in [-0.2, 0) is 9.59 Å². The highest BCUT2D eigenvalue weighted by Gasteiger charge is 2.36. The number of carbonyl (C=O) groups excluding carboxylic acids is 3. The standard InChI is InChI=1S/C24H22N2O6S/c1-14-10-17(14)18-6-3-16(32-18)4-7-22(27)25-8-9-26-23(28)21(33-24(26)29)12-15-2-5-19-20(11-15)31-13-30-19/h2-7,11-12,14,17H,8-10,13H2,1H3,(H,25,27)/b7-4+,21-12-. The molecule has 3 heterocycles. The van der Waals surface area contributed by atoms with Crippen LogP contribution in [0.1, 0.15) is 36.3 Å². The molecule has 3 amide bonds. The van der Waals surface area contributed by atoms with E-state index in [4.69, 9.17) is 13.9 Å². The number of carbonyl (C=O) groups is 3. The Hall–Kier alpha value is -3.46. The molecule has 1 saturated carbocycles. The van der Waals surface area contributed by atoms with Crippen LogP contribution in [-0.4, -0.2) is 41.8 Å². The number of nitrogens with one attached hydrogen (secondary N) is 1. The number of rotatable bonds is 7. The summed E-state index contributed by atoms with van der Waals surface area (Å²) in [6.07, 6.45) is 5.78. The van der Waals surface area contributed by atoms with E-state index >= 15 is 0 Å². The Kier molecular flexibility index (Phi) is 5.72. The van der Waals surface area contributed by atoms with Crippen LogP contribution >= 0.6 is 11.8 Å². The molecule has 1 aromatic heterocycles. The second-order valence-electron chi connectivity index (χ2n) is 8.13. The van der Waals surface area contributed by atoms with Crippen molar-refractivity contribution in [3.63, 3.8) is 0 Å². The number of hydrogen-bond donors (Lipinski definition) is 1. The summed E-state index contributed by atoms with van der Waals surface area (Å²) in [6.45, 7) is 2.59. The largest absolute Gasteiger partial charge is 0.461 e. The predicted molar refractivity (Wildman–Crippen MR) is 123 cm³/mol. The topological polar surface area (TPSA) is 98.1 Å². The van der Waals surface area contributed by atoms with Gasteiger partial charge in [-0.2, -0.15) is 0 Å². The van der Waals surface area contributed by atoms with E-state index in [0.29, 0.717) is 34.0 Å². The lowest BCUT2D eigenvalue weighted by atomic mass is 10.2. The van der Waals surface area contributed by atoms with Gasteiger partial charge in [-0.3, -0.25) is 19.3 Å². The molecule has 2 unspecified atom stereocenters. The average Bonchev–Trinajstić information content (AvgIpc) is 3.15. The van der Waals surface area contributed by atoms with Gasteiger partial charge in [-0.05, 0) is 66.1 Å². The maximum atomic E-state index is 12.6. The monoisotopic (exact) mass is 466 g/mol. The molecule has 2 aromatic rings. The van der Waals surface area contributed by atoms with Gasteiger partial charge in [-0.1, -0.05) is 13.0 Å². The average molecular weight is 467 g/mol. The molecule has 5 rings (SSSR count). The second-order valence-corrected chi connectivity index (χ2v) is 9.12. The quantitative estimate of drug-likeness (QED) is 0.616. The highest BCUT2D eigenvalue weighted by Crippen LogP contribution is 2.47. The van der Waals surface area contributed by atoms with E-state index < -0.39 is 0 Å². The number of ether oxygens (including phenoxy) is 2. The van der Waals surface area contributed by atoms with E-state index in [-0.39, 0.29) is 36.9 Å². The van der Waals surface area contributed by atoms with Gasteiger partial charge in [0.25, 0.3) is 11.1 Å². The lowest BCUT2D eigenvalue weighted by Gasteiger charge is -2.12. The summed E-state index contributed by atoms with van der Waals surface area (Å²) in [4.78, 5) is 38.5. The zero-order valence-electron chi connectivity index (χ0n) is 17.9. The van der Waals surface area contributed by atoms with Crippen LogP contribution < -0.4 is 14.8 Å². The van der Waals surface area contributed by atoms with Crippen molar-refractivity contribution in [2.24, 2.45) is 5.92 Å². The lowest BCUT2D eigenvalue weighted by Crippen LogP contribution is -2.36. The van der Waals surface area contributed by atoms with Crippen molar-refractivity contribution in [3.8, 4) is 11.5 Å². The molecule has 9 heteroatoms. The number of imide groups is 1. The first-order chi connectivity index (χ1) is 16.0. The van der Waals surface area contributed by atoms with Crippen LogP contribution in [0.15, 0.2) is 45.7 Å². The molecule has 2 atom stereocenters. The van der Waals surface area contributed by atoms with Gasteiger partial charge in [0.15, 0.2) is 11.5 Å². The summed E-state index contributed by atoms with van der Waals surface area (Å²) in [6, 6.07) is 9.11. The number of hydrogen-bond acceptors (Lipinski definition) is 7. The van der Waals surface area contributed by atoms with Crippen molar-refractivity contribution in [2.45, 2.75) is 19.3 Å². The summed E-state index contributed by atoms with van der Waals surface area (Å²) < 4.78 is 16.4. The smallest absolute Gasteiger partial charge is 0.293 e. The number of nitrogens with zero attached hydrogens (tertiary/aromatic N) is 1. The Morgan fingerprint density at radius 3 is 2.85 bits per heavy atom. The minimum absolute atomic E-state index is 0.0905. The summed E-state index contributed by atoms with van der Waals surface area (Å²) in [7, 11) is 0.